The van der Waals surface area contributed by atoms with E-state index in [-0.39, 0.29) is 12.7 Å². The summed E-state index contributed by atoms with van der Waals surface area (Å²) in [6, 6.07) is 2.00. The normalized spacial score (nSPS) is 38.2. The maximum atomic E-state index is 9.09. The Hall–Kier alpha value is -0.630. The van der Waals surface area contributed by atoms with Gasteiger partial charge in [0, 0.05) is 6.42 Å². The molecule has 1 saturated heterocycles. The second-order valence-corrected chi connectivity index (χ2v) is 3.90. The Kier molecular flexibility index (Phi) is 2.62. The maximum Gasteiger partial charge on any atom is 0.182 e. The first-order valence-electron chi connectivity index (χ1n) is 4.33. The quantitative estimate of drug-likeness (QED) is 0.656. The Morgan fingerprint density at radius 3 is 2.62 bits per heavy atom. The molecule has 1 rings (SSSR count). The van der Waals surface area contributed by atoms with Crippen molar-refractivity contribution in [2.24, 2.45) is 0 Å². The SMILES string of the molecule is CC1CC(C#N)(CO)OC(C)(C)O1. The summed E-state index contributed by atoms with van der Waals surface area (Å²) in [6.45, 7) is 5.06. The minimum Gasteiger partial charge on any atom is -0.392 e. The minimum atomic E-state index is -1.10. The number of rotatable bonds is 1. The molecule has 0 spiro atoms. The average Bonchev–Trinajstić information content (AvgIpc) is 2.00. The molecule has 0 amide bonds. The van der Waals surface area contributed by atoms with E-state index >= 15 is 0 Å². The summed E-state index contributed by atoms with van der Waals surface area (Å²) < 4.78 is 10.8. The van der Waals surface area contributed by atoms with Crippen LogP contribution in [-0.4, -0.2) is 29.2 Å². The van der Waals surface area contributed by atoms with Crippen LogP contribution in [0.15, 0.2) is 0 Å². The van der Waals surface area contributed by atoms with Crippen LogP contribution >= 0.6 is 0 Å². The monoisotopic (exact) mass is 185 g/mol. The Morgan fingerprint density at radius 2 is 2.23 bits per heavy atom. The molecule has 0 aromatic heterocycles. The summed E-state index contributed by atoms with van der Waals surface area (Å²) in [6.07, 6.45) is 0.333. The summed E-state index contributed by atoms with van der Waals surface area (Å²) in [4.78, 5) is 0. The minimum absolute atomic E-state index is 0.0736. The highest BCUT2D eigenvalue weighted by Crippen LogP contribution is 2.33. The molecule has 1 aliphatic heterocycles. The molecule has 1 fully saturated rings. The van der Waals surface area contributed by atoms with E-state index in [9.17, 15) is 0 Å². The van der Waals surface area contributed by atoms with Crippen molar-refractivity contribution >= 4 is 0 Å². The molecule has 0 aliphatic carbocycles. The van der Waals surface area contributed by atoms with Crippen LogP contribution in [-0.2, 0) is 9.47 Å². The Bertz CT molecular complexity index is 234. The molecular weight excluding hydrogens is 170 g/mol. The largest absolute Gasteiger partial charge is 0.392 e. The Balaban J connectivity index is 2.84. The van der Waals surface area contributed by atoms with Crippen molar-refractivity contribution in [3.63, 3.8) is 0 Å². The van der Waals surface area contributed by atoms with Crippen molar-refractivity contribution in [1.82, 2.24) is 0 Å². The highest BCUT2D eigenvalue weighted by molar-refractivity contribution is 5.05. The second-order valence-electron chi connectivity index (χ2n) is 3.90. The first kappa shape index (κ1) is 10.5. The van der Waals surface area contributed by atoms with E-state index in [0.29, 0.717) is 6.42 Å². The zero-order valence-corrected chi connectivity index (χ0v) is 8.20. The summed E-state index contributed by atoms with van der Waals surface area (Å²) in [5.74, 6) is -0.796. The summed E-state index contributed by atoms with van der Waals surface area (Å²) in [5, 5.41) is 18.0. The van der Waals surface area contributed by atoms with Gasteiger partial charge in [-0.25, -0.2) is 0 Å². The molecule has 0 aromatic carbocycles. The molecule has 74 valence electrons. The standard InChI is InChI=1S/C9H15NO3/c1-7-4-9(5-10,6-11)13-8(2,3)12-7/h7,11H,4,6H2,1-3H3. The van der Waals surface area contributed by atoms with Gasteiger partial charge in [0.15, 0.2) is 11.4 Å². The lowest BCUT2D eigenvalue weighted by molar-refractivity contribution is -0.321. The molecule has 2 unspecified atom stereocenters. The topological polar surface area (TPSA) is 62.5 Å². The fourth-order valence-electron chi connectivity index (χ4n) is 1.73. The lowest BCUT2D eigenvalue weighted by Gasteiger charge is -2.43. The molecule has 2 atom stereocenters. The van der Waals surface area contributed by atoms with Gasteiger partial charge in [-0.15, -0.1) is 0 Å². The third-order valence-electron chi connectivity index (χ3n) is 2.00. The number of hydrogen-bond donors (Lipinski definition) is 1. The van der Waals surface area contributed by atoms with Gasteiger partial charge in [0.1, 0.15) is 6.07 Å². The van der Waals surface area contributed by atoms with E-state index in [1.165, 1.54) is 0 Å². The van der Waals surface area contributed by atoms with Gasteiger partial charge >= 0.3 is 0 Å². The molecule has 4 nitrogen and oxygen atoms in total. The molecular formula is C9H15NO3. The molecule has 0 saturated carbocycles. The fraction of sp³-hybridized carbons (Fsp3) is 0.889. The van der Waals surface area contributed by atoms with E-state index in [0.717, 1.165) is 0 Å². The van der Waals surface area contributed by atoms with E-state index in [2.05, 4.69) is 0 Å². The fourth-order valence-corrected chi connectivity index (χ4v) is 1.73. The zero-order chi connectivity index (χ0) is 10.1. The van der Waals surface area contributed by atoms with Crippen molar-refractivity contribution in [2.75, 3.05) is 6.61 Å². The molecule has 1 aliphatic rings. The van der Waals surface area contributed by atoms with Crippen LogP contribution in [0, 0.1) is 11.3 Å². The lowest BCUT2D eigenvalue weighted by Crippen LogP contribution is -2.52. The van der Waals surface area contributed by atoms with Crippen molar-refractivity contribution in [2.45, 2.75) is 44.7 Å². The van der Waals surface area contributed by atoms with Crippen LogP contribution in [0.25, 0.3) is 0 Å². The molecule has 0 radical (unpaired) electrons. The summed E-state index contributed by atoms with van der Waals surface area (Å²) in [7, 11) is 0. The van der Waals surface area contributed by atoms with Crippen LogP contribution in [0.1, 0.15) is 27.2 Å². The van der Waals surface area contributed by atoms with Gasteiger partial charge in [0.2, 0.25) is 0 Å². The summed E-state index contributed by atoms with van der Waals surface area (Å²) in [5.41, 5.74) is -1.10. The lowest BCUT2D eigenvalue weighted by atomic mass is 9.96. The number of aliphatic hydroxyl groups is 1. The molecule has 4 heteroatoms. The van der Waals surface area contributed by atoms with Crippen molar-refractivity contribution in [1.29, 1.82) is 5.26 Å². The number of ether oxygens (including phenoxy) is 2. The van der Waals surface area contributed by atoms with Gasteiger partial charge in [-0.1, -0.05) is 0 Å². The van der Waals surface area contributed by atoms with Gasteiger partial charge in [0.05, 0.1) is 12.7 Å². The van der Waals surface area contributed by atoms with E-state index in [1.807, 2.05) is 13.0 Å². The maximum absolute atomic E-state index is 9.09. The Labute approximate surface area is 78.1 Å². The highest BCUT2D eigenvalue weighted by atomic mass is 16.7. The number of aliphatic hydroxyl groups excluding tert-OH is 1. The highest BCUT2D eigenvalue weighted by Gasteiger charge is 2.44. The van der Waals surface area contributed by atoms with Gasteiger partial charge in [-0.3, -0.25) is 0 Å². The van der Waals surface area contributed by atoms with Crippen molar-refractivity contribution in [3.8, 4) is 6.07 Å². The summed E-state index contributed by atoms with van der Waals surface area (Å²) >= 11 is 0. The van der Waals surface area contributed by atoms with Crippen LogP contribution in [0.2, 0.25) is 0 Å². The number of nitrogens with zero attached hydrogens (tertiary/aromatic N) is 1. The molecule has 1 heterocycles. The third kappa shape index (κ3) is 2.19. The first-order chi connectivity index (χ1) is 5.93. The van der Waals surface area contributed by atoms with Gasteiger partial charge in [-0.2, -0.15) is 5.26 Å². The van der Waals surface area contributed by atoms with Gasteiger partial charge in [0.25, 0.3) is 0 Å². The average molecular weight is 185 g/mol. The van der Waals surface area contributed by atoms with E-state index < -0.39 is 11.4 Å². The molecule has 0 bridgehead atoms. The molecule has 0 aromatic rings. The van der Waals surface area contributed by atoms with Gasteiger partial charge in [-0.05, 0) is 20.8 Å². The van der Waals surface area contributed by atoms with E-state index in [4.69, 9.17) is 19.8 Å². The third-order valence-corrected chi connectivity index (χ3v) is 2.00. The van der Waals surface area contributed by atoms with Gasteiger partial charge < -0.3 is 14.6 Å². The molecule has 13 heavy (non-hydrogen) atoms. The van der Waals surface area contributed by atoms with Crippen molar-refractivity contribution < 1.29 is 14.6 Å². The number of nitriles is 1. The zero-order valence-electron chi connectivity index (χ0n) is 8.20. The smallest absolute Gasteiger partial charge is 0.182 e. The predicted molar refractivity (Wildman–Crippen MR) is 45.8 cm³/mol. The number of hydrogen-bond acceptors (Lipinski definition) is 4. The van der Waals surface area contributed by atoms with E-state index in [1.54, 1.807) is 13.8 Å². The first-order valence-corrected chi connectivity index (χ1v) is 4.33. The van der Waals surface area contributed by atoms with Crippen LogP contribution in [0.5, 0.6) is 0 Å². The van der Waals surface area contributed by atoms with Crippen molar-refractivity contribution in [3.05, 3.63) is 0 Å². The second kappa shape index (κ2) is 3.26. The Morgan fingerprint density at radius 1 is 1.62 bits per heavy atom. The van der Waals surface area contributed by atoms with Crippen LogP contribution in [0.3, 0.4) is 0 Å². The molecule has 1 N–H and O–H groups in total. The predicted octanol–water partition coefficient (Wildman–Crippen LogP) is 0.803. The van der Waals surface area contributed by atoms with Crippen LogP contribution < -0.4 is 0 Å². The van der Waals surface area contributed by atoms with Crippen LogP contribution in [0.4, 0.5) is 0 Å².